The molecule has 0 unspecified atom stereocenters. The van der Waals surface area contributed by atoms with Crippen molar-refractivity contribution >= 4 is 45.1 Å². The maximum atomic E-state index is 12.9. The van der Waals surface area contributed by atoms with Gasteiger partial charge < -0.3 is 9.73 Å². The second-order valence-corrected chi connectivity index (χ2v) is 7.13. The highest BCUT2D eigenvalue weighted by molar-refractivity contribution is 6.30. The first-order valence-electron chi connectivity index (χ1n) is 9.13. The largest absolute Gasteiger partial charge is 0.436 e. The molecule has 0 aliphatic heterocycles. The van der Waals surface area contributed by atoms with E-state index in [9.17, 15) is 4.79 Å². The van der Waals surface area contributed by atoms with E-state index in [2.05, 4.69) is 10.3 Å². The number of hydrogen-bond donors (Lipinski definition) is 1. The molecule has 140 valence electrons. The van der Waals surface area contributed by atoms with E-state index in [-0.39, 0.29) is 5.91 Å². The van der Waals surface area contributed by atoms with E-state index in [4.69, 9.17) is 16.0 Å². The quantitative estimate of drug-likeness (QED) is 0.374. The monoisotopic (exact) mass is 398 g/mol. The van der Waals surface area contributed by atoms with Crippen molar-refractivity contribution in [3.8, 4) is 11.5 Å². The summed E-state index contributed by atoms with van der Waals surface area (Å²) in [5, 5.41) is 5.52. The molecule has 1 heterocycles. The molecule has 29 heavy (non-hydrogen) atoms. The average molecular weight is 399 g/mol. The molecular formula is C24H15ClN2O2. The van der Waals surface area contributed by atoms with Crippen molar-refractivity contribution in [2.75, 3.05) is 5.32 Å². The number of fused-ring (bicyclic) bond motifs is 2. The summed E-state index contributed by atoms with van der Waals surface area (Å²) in [4.78, 5) is 17.4. The molecule has 5 aromatic rings. The van der Waals surface area contributed by atoms with Crippen molar-refractivity contribution in [2.45, 2.75) is 0 Å². The molecule has 0 aliphatic rings. The topological polar surface area (TPSA) is 55.1 Å². The Labute approximate surface area is 171 Å². The molecule has 5 heteroatoms. The van der Waals surface area contributed by atoms with Gasteiger partial charge in [-0.25, -0.2) is 4.98 Å². The van der Waals surface area contributed by atoms with E-state index in [0.29, 0.717) is 33.3 Å². The maximum Gasteiger partial charge on any atom is 0.256 e. The first-order chi connectivity index (χ1) is 14.2. The number of hydrogen-bond acceptors (Lipinski definition) is 3. The van der Waals surface area contributed by atoms with Crippen LogP contribution in [-0.2, 0) is 0 Å². The Balaban J connectivity index is 1.47. The number of carbonyl (C=O) groups excluding carboxylic acids is 1. The van der Waals surface area contributed by atoms with Crippen LogP contribution < -0.4 is 5.32 Å². The molecule has 0 saturated heterocycles. The first kappa shape index (κ1) is 17.5. The number of rotatable bonds is 3. The van der Waals surface area contributed by atoms with Crippen LogP contribution in [0.25, 0.3) is 33.3 Å². The zero-order valence-electron chi connectivity index (χ0n) is 15.2. The lowest BCUT2D eigenvalue weighted by molar-refractivity contribution is 0.102. The molecule has 1 amide bonds. The van der Waals surface area contributed by atoms with Crippen LogP contribution in [0.3, 0.4) is 0 Å². The molecule has 4 aromatic carbocycles. The summed E-state index contributed by atoms with van der Waals surface area (Å²) >= 11 is 6.06. The van der Waals surface area contributed by atoms with Gasteiger partial charge in [-0.05, 0) is 53.2 Å². The summed E-state index contributed by atoms with van der Waals surface area (Å²) in [5.74, 6) is 0.319. The van der Waals surface area contributed by atoms with Crippen molar-refractivity contribution in [2.24, 2.45) is 0 Å². The second kappa shape index (κ2) is 7.08. The zero-order chi connectivity index (χ0) is 19.8. The van der Waals surface area contributed by atoms with E-state index in [0.717, 1.165) is 16.3 Å². The summed E-state index contributed by atoms with van der Waals surface area (Å²) in [5.41, 5.74) is 3.39. The van der Waals surface area contributed by atoms with Crippen molar-refractivity contribution in [3.05, 3.63) is 95.5 Å². The summed E-state index contributed by atoms with van der Waals surface area (Å²) in [7, 11) is 0. The van der Waals surface area contributed by atoms with Gasteiger partial charge >= 0.3 is 0 Å². The summed E-state index contributed by atoms with van der Waals surface area (Å²) in [6.07, 6.45) is 0. The Morgan fingerprint density at radius 3 is 2.62 bits per heavy atom. The minimum atomic E-state index is -0.167. The van der Waals surface area contributed by atoms with Crippen LogP contribution in [-0.4, -0.2) is 10.9 Å². The van der Waals surface area contributed by atoms with Gasteiger partial charge in [-0.15, -0.1) is 0 Å². The fraction of sp³-hybridized carbons (Fsp3) is 0. The summed E-state index contributed by atoms with van der Waals surface area (Å²) in [6, 6.07) is 26.3. The van der Waals surface area contributed by atoms with Crippen LogP contribution in [0.5, 0.6) is 0 Å². The van der Waals surface area contributed by atoms with Crippen LogP contribution in [0.15, 0.2) is 89.3 Å². The van der Waals surface area contributed by atoms with Crippen LogP contribution in [0, 0.1) is 0 Å². The third-order valence-electron chi connectivity index (χ3n) is 4.75. The lowest BCUT2D eigenvalue weighted by atomic mass is 10.0. The molecule has 0 atom stereocenters. The Morgan fingerprint density at radius 2 is 1.72 bits per heavy atom. The number of aromatic nitrogens is 1. The number of amides is 1. The lowest BCUT2D eigenvalue weighted by Crippen LogP contribution is -2.12. The van der Waals surface area contributed by atoms with Crippen molar-refractivity contribution in [1.29, 1.82) is 0 Å². The van der Waals surface area contributed by atoms with Gasteiger partial charge in [-0.3, -0.25) is 4.79 Å². The van der Waals surface area contributed by atoms with Gasteiger partial charge in [0.2, 0.25) is 5.89 Å². The Kier molecular flexibility index (Phi) is 4.26. The normalized spacial score (nSPS) is 11.1. The molecule has 0 saturated carbocycles. The molecule has 0 fully saturated rings. The Morgan fingerprint density at radius 1 is 0.897 bits per heavy atom. The number of carbonyl (C=O) groups is 1. The minimum Gasteiger partial charge on any atom is -0.436 e. The molecule has 5 rings (SSSR count). The molecule has 0 spiro atoms. The molecule has 4 nitrogen and oxygen atoms in total. The van der Waals surface area contributed by atoms with E-state index in [1.807, 2.05) is 54.6 Å². The number of benzene rings is 4. The van der Waals surface area contributed by atoms with Crippen LogP contribution >= 0.6 is 11.6 Å². The fourth-order valence-corrected chi connectivity index (χ4v) is 3.56. The summed E-state index contributed by atoms with van der Waals surface area (Å²) < 4.78 is 5.83. The van der Waals surface area contributed by atoms with Gasteiger partial charge in [0.25, 0.3) is 5.91 Å². The van der Waals surface area contributed by atoms with Gasteiger partial charge in [-0.1, -0.05) is 54.1 Å². The van der Waals surface area contributed by atoms with Gasteiger partial charge in [0.15, 0.2) is 5.58 Å². The maximum absolute atomic E-state index is 12.9. The third kappa shape index (κ3) is 3.35. The predicted molar refractivity (Wildman–Crippen MR) is 116 cm³/mol. The number of halogens is 1. The molecule has 1 N–H and O–H groups in total. The number of nitrogens with one attached hydrogen (secondary N) is 1. The standard InChI is InChI=1S/C24H15ClN2O2/c25-17-8-3-7-16(13-17)24-27-21-14-18(11-12-22(21)29-24)26-23(28)20-10-4-6-15-5-1-2-9-19(15)20/h1-14H,(H,26,28). The molecule has 0 bridgehead atoms. The van der Waals surface area contributed by atoms with Gasteiger partial charge in [-0.2, -0.15) is 0 Å². The van der Waals surface area contributed by atoms with Crippen molar-refractivity contribution in [3.63, 3.8) is 0 Å². The molecule has 1 aromatic heterocycles. The van der Waals surface area contributed by atoms with Gasteiger partial charge in [0, 0.05) is 21.8 Å². The number of anilines is 1. The number of oxazole rings is 1. The fourth-order valence-electron chi connectivity index (χ4n) is 3.37. The second-order valence-electron chi connectivity index (χ2n) is 6.69. The highest BCUT2D eigenvalue weighted by Gasteiger charge is 2.13. The SMILES string of the molecule is O=C(Nc1ccc2oc(-c3cccc(Cl)c3)nc2c1)c1cccc2ccccc12. The Hall–Kier alpha value is -3.63. The third-order valence-corrected chi connectivity index (χ3v) is 4.99. The van der Waals surface area contributed by atoms with Gasteiger partial charge in [0.05, 0.1) is 0 Å². The average Bonchev–Trinajstić information content (AvgIpc) is 3.17. The summed E-state index contributed by atoms with van der Waals surface area (Å²) in [6.45, 7) is 0. The van der Waals surface area contributed by atoms with E-state index in [1.165, 1.54) is 0 Å². The molecule has 0 radical (unpaired) electrons. The molecule has 0 aliphatic carbocycles. The predicted octanol–water partition coefficient (Wildman–Crippen LogP) is 6.55. The van der Waals surface area contributed by atoms with Crippen LogP contribution in [0.4, 0.5) is 5.69 Å². The zero-order valence-corrected chi connectivity index (χ0v) is 16.0. The first-order valence-corrected chi connectivity index (χ1v) is 9.51. The van der Waals surface area contributed by atoms with Crippen LogP contribution in [0.2, 0.25) is 5.02 Å². The van der Waals surface area contributed by atoms with Crippen molar-refractivity contribution in [1.82, 2.24) is 4.98 Å². The lowest BCUT2D eigenvalue weighted by Gasteiger charge is -2.08. The highest BCUT2D eigenvalue weighted by atomic mass is 35.5. The molecular weight excluding hydrogens is 384 g/mol. The minimum absolute atomic E-state index is 0.167. The highest BCUT2D eigenvalue weighted by Crippen LogP contribution is 2.28. The van der Waals surface area contributed by atoms with E-state index in [1.54, 1.807) is 30.3 Å². The van der Waals surface area contributed by atoms with Crippen LogP contribution in [0.1, 0.15) is 10.4 Å². The smallest absolute Gasteiger partial charge is 0.256 e. The van der Waals surface area contributed by atoms with Crippen molar-refractivity contribution < 1.29 is 9.21 Å². The van der Waals surface area contributed by atoms with Gasteiger partial charge in [0.1, 0.15) is 5.52 Å². The Bertz CT molecular complexity index is 1370. The van der Waals surface area contributed by atoms with E-state index >= 15 is 0 Å². The number of nitrogens with zero attached hydrogens (tertiary/aromatic N) is 1. The van der Waals surface area contributed by atoms with E-state index < -0.39 is 0 Å².